The van der Waals surface area contributed by atoms with E-state index in [4.69, 9.17) is 4.42 Å². The molecular weight excluding hydrogens is 328 g/mol. The number of guanidine groups is 1. The van der Waals surface area contributed by atoms with Gasteiger partial charge in [-0.05, 0) is 43.8 Å². The van der Waals surface area contributed by atoms with Gasteiger partial charge in [0.2, 0.25) is 0 Å². The Morgan fingerprint density at radius 1 is 1.23 bits per heavy atom. The lowest BCUT2D eigenvalue weighted by atomic mass is 10.2. The summed E-state index contributed by atoms with van der Waals surface area (Å²) in [6.45, 7) is 8.27. The quantitative estimate of drug-likeness (QED) is 0.606. The molecule has 26 heavy (non-hydrogen) atoms. The summed E-state index contributed by atoms with van der Waals surface area (Å²) in [5, 5.41) is 6.55. The van der Waals surface area contributed by atoms with E-state index in [-0.39, 0.29) is 0 Å². The number of rotatable bonds is 6. The second-order valence-corrected chi connectivity index (χ2v) is 6.44. The minimum absolute atomic E-state index is 0.608. The minimum atomic E-state index is 0.608. The predicted molar refractivity (Wildman–Crippen MR) is 104 cm³/mol. The van der Waals surface area contributed by atoms with Crippen LogP contribution in [-0.2, 0) is 13.1 Å². The van der Waals surface area contributed by atoms with E-state index in [1.165, 1.54) is 0 Å². The molecule has 3 heterocycles. The summed E-state index contributed by atoms with van der Waals surface area (Å²) >= 11 is 0. The van der Waals surface area contributed by atoms with E-state index in [1.54, 1.807) is 6.26 Å². The second-order valence-electron chi connectivity index (χ2n) is 6.44. The van der Waals surface area contributed by atoms with Crippen molar-refractivity contribution in [2.45, 2.75) is 20.0 Å². The first kappa shape index (κ1) is 18.3. The van der Waals surface area contributed by atoms with Crippen molar-refractivity contribution < 1.29 is 4.42 Å². The van der Waals surface area contributed by atoms with Gasteiger partial charge in [0.15, 0.2) is 5.96 Å². The van der Waals surface area contributed by atoms with Crippen molar-refractivity contribution in [3.63, 3.8) is 0 Å². The van der Waals surface area contributed by atoms with Crippen LogP contribution in [0.2, 0.25) is 0 Å². The summed E-state index contributed by atoms with van der Waals surface area (Å²) in [6, 6.07) is 8.00. The number of likely N-dealkylation sites (N-methyl/N-ethyl adjacent to an activating group) is 1. The van der Waals surface area contributed by atoms with E-state index in [2.05, 4.69) is 50.4 Å². The van der Waals surface area contributed by atoms with Crippen LogP contribution in [0.1, 0.15) is 18.2 Å². The van der Waals surface area contributed by atoms with Crippen molar-refractivity contribution in [1.82, 2.24) is 20.5 Å². The maximum atomic E-state index is 5.35. The van der Waals surface area contributed by atoms with Gasteiger partial charge in [-0.3, -0.25) is 0 Å². The molecule has 0 radical (unpaired) electrons. The van der Waals surface area contributed by atoms with Crippen LogP contribution >= 0.6 is 0 Å². The highest BCUT2D eigenvalue weighted by molar-refractivity contribution is 5.79. The maximum absolute atomic E-state index is 5.35. The van der Waals surface area contributed by atoms with Gasteiger partial charge in [-0.25, -0.2) is 9.98 Å². The lowest BCUT2D eigenvalue weighted by Gasteiger charge is -2.33. The molecule has 0 saturated carbocycles. The largest absolute Gasteiger partial charge is 0.467 e. The van der Waals surface area contributed by atoms with Crippen LogP contribution in [0.25, 0.3) is 0 Å². The average molecular weight is 356 g/mol. The summed E-state index contributed by atoms with van der Waals surface area (Å²) in [7, 11) is 2.16. The number of anilines is 1. The molecule has 0 unspecified atom stereocenters. The van der Waals surface area contributed by atoms with E-state index < -0.39 is 0 Å². The number of pyridine rings is 1. The topological polar surface area (TPSA) is 68.9 Å². The molecule has 2 aromatic rings. The molecule has 0 atom stereocenters. The van der Waals surface area contributed by atoms with Crippen molar-refractivity contribution >= 4 is 11.8 Å². The van der Waals surface area contributed by atoms with Gasteiger partial charge in [0.1, 0.15) is 11.6 Å². The lowest BCUT2D eigenvalue weighted by molar-refractivity contribution is 0.312. The van der Waals surface area contributed by atoms with Crippen molar-refractivity contribution in [2.24, 2.45) is 4.99 Å². The van der Waals surface area contributed by atoms with Gasteiger partial charge in [-0.2, -0.15) is 0 Å². The predicted octanol–water partition coefficient (Wildman–Crippen LogP) is 1.68. The summed E-state index contributed by atoms with van der Waals surface area (Å²) < 4.78 is 5.35. The number of furan rings is 1. The van der Waals surface area contributed by atoms with Crippen LogP contribution in [0.3, 0.4) is 0 Å². The Balaban J connectivity index is 1.60. The highest BCUT2D eigenvalue weighted by Crippen LogP contribution is 2.15. The monoisotopic (exact) mass is 356 g/mol. The number of hydrogen-bond donors (Lipinski definition) is 2. The van der Waals surface area contributed by atoms with Crippen LogP contribution in [0, 0.1) is 0 Å². The third-order valence-corrected chi connectivity index (χ3v) is 4.41. The Kier molecular flexibility index (Phi) is 6.49. The molecule has 7 heteroatoms. The maximum Gasteiger partial charge on any atom is 0.191 e. The molecule has 0 aromatic carbocycles. The Bertz CT molecular complexity index is 692. The number of nitrogens with one attached hydrogen (secondary N) is 2. The standard InChI is InChI=1S/C19H28N6O/c1-3-20-19(23-15-17-5-4-12-26-17)22-14-16-6-7-21-18(13-16)25-10-8-24(2)9-11-25/h4-7,12-13H,3,8-11,14-15H2,1-2H3,(H2,20,22,23). The third kappa shape index (κ3) is 5.23. The normalized spacial score (nSPS) is 15.9. The Labute approximate surface area is 155 Å². The van der Waals surface area contributed by atoms with Crippen LogP contribution in [0.15, 0.2) is 46.1 Å². The zero-order valence-corrected chi connectivity index (χ0v) is 15.6. The SMILES string of the molecule is CCNC(=NCc1ccnc(N2CCN(C)CC2)c1)NCc1ccco1. The Hall–Kier alpha value is -2.54. The van der Waals surface area contributed by atoms with Crippen LogP contribution in [0.4, 0.5) is 5.82 Å². The van der Waals surface area contributed by atoms with E-state index in [9.17, 15) is 0 Å². The zero-order chi connectivity index (χ0) is 18.2. The van der Waals surface area contributed by atoms with Crippen LogP contribution < -0.4 is 15.5 Å². The minimum Gasteiger partial charge on any atom is -0.467 e. The third-order valence-electron chi connectivity index (χ3n) is 4.41. The van der Waals surface area contributed by atoms with Crippen molar-refractivity contribution in [3.05, 3.63) is 48.0 Å². The van der Waals surface area contributed by atoms with Gasteiger partial charge in [0.25, 0.3) is 0 Å². The average Bonchev–Trinajstić information content (AvgIpc) is 3.18. The smallest absolute Gasteiger partial charge is 0.191 e. The van der Waals surface area contributed by atoms with Gasteiger partial charge >= 0.3 is 0 Å². The summed E-state index contributed by atoms with van der Waals surface area (Å²) in [5.74, 6) is 2.71. The molecule has 1 saturated heterocycles. The molecule has 1 aliphatic heterocycles. The molecule has 0 aliphatic carbocycles. The van der Waals surface area contributed by atoms with E-state index in [0.717, 1.165) is 55.8 Å². The second kappa shape index (κ2) is 9.24. The van der Waals surface area contributed by atoms with Crippen molar-refractivity contribution in [3.8, 4) is 0 Å². The fourth-order valence-electron chi connectivity index (χ4n) is 2.86. The molecule has 140 valence electrons. The number of aliphatic imine (C=N–C) groups is 1. The van der Waals surface area contributed by atoms with E-state index in [1.807, 2.05) is 24.4 Å². The van der Waals surface area contributed by atoms with Gasteiger partial charge in [-0.1, -0.05) is 0 Å². The first-order chi connectivity index (χ1) is 12.7. The molecule has 0 spiro atoms. The summed E-state index contributed by atoms with van der Waals surface area (Å²) in [4.78, 5) is 13.9. The van der Waals surface area contributed by atoms with Gasteiger partial charge in [-0.15, -0.1) is 0 Å². The van der Waals surface area contributed by atoms with Crippen LogP contribution in [-0.4, -0.2) is 55.6 Å². The van der Waals surface area contributed by atoms with E-state index >= 15 is 0 Å². The highest BCUT2D eigenvalue weighted by Gasteiger charge is 2.15. The molecular formula is C19H28N6O. The first-order valence-electron chi connectivity index (χ1n) is 9.17. The first-order valence-corrected chi connectivity index (χ1v) is 9.17. The number of nitrogens with zero attached hydrogens (tertiary/aromatic N) is 4. The molecule has 0 amide bonds. The molecule has 1 aliphatic rings. The van der Waals surface area contributed by atoms with Crippen molar-refractivity contribution in [2.75, 3.05) is 44.7 Å². The molecule has 2 aromatic heterocycles. The molecule has 7 nitrogen and oxygen atoms in total. The van der Waals surface area contributed by atoms with Gasteiger partial charge in [0.05, 0.1) is 19.4 Å². The number of hydrogen-bond acceptors (Lipinski definition) is 5. The summed E-state index contributed by atoms with van der Waals surface area (Å²) in [6.07, 6.45) is 3.56. The molecule has 3 rings (SSSR count). The molecule has 2 N–H and O–H groups in total. The fraction of sp³-hybridized carbons (Fsp3) is 0.474. The molecule has 0 bridgehead atoms. The number of piperazine rings is 1. The highest BCUT2D eigenvalue weighted by atomic mass is 16.3. The zero-order valence-electron chi connectivity index (χ0n) is 15.6. The number of aromatic nitrogens is 1. The Morgan fingerprint density at radius 2 is 2.08 bits per heavy atom. The fourth-order valence-corrected chi connectivity index (χ4v) is 2.86. The van der Waals surface area contributed by atoms with Crippen LogP contribution in [0.5, 0.6) is 0 Å². The molecule has 1 fully saturated rings. The summed E-state index contributed by atoms with van der Waals surface area (Å²) in [5.41, 5.74) is 1.16. The van der Waals surface area contributed by atoms with E-state index in [0.29, 0.717) is 13.1 Å². The van der Waals surface area contributed by atoms with Gasteiger partial charge in [0, 0.05) is 38.9 Å². The Morgan fingerprint density at radius 3 is 2.81 bits per heavy atom. The lowest BCUT2D eigenvalue weighted by Crippen LogP contribution is -2.44. The van der Waals surface area contributed by atoms with Crippen molar-refractivity contribution in [1.29, 1.82) is 0 Å². The van der Waals surface area contributed by atoms with Gasteiger partial charge < -0.3 is 24.9 Å².